The molecule has 1 unspecified atom stereocenters. The number of nitrogens with two attached hydrogens (primary N) is 1. The minimum atomic E-state index is 0.149. The Bertz CT molecular complexity index is 768. The van der Waals surface area contributed by atoms with Crippen molar-refractivity contribution in [2.45, 2.75) is 12.3 Å². The summed E-state index contributed by atoms with van der Waals surface area (Å²) in [6.07, 6.45) is 0.840. The molecule has 118 valence electrons. The Morgan fingerprint density at radius 2 is 1.83 bits per heavy atom. The normalized spacial score (nSPS) is 12.1. The van der Waals surface area contributed by atoms with Gasteiger partial charge in [-0.1, -0.05) is 35.9 Å². The van der Waals surface area contributed by atoms with Crippen molar-refractivity contribution < 1.29 is 4.74 Å². The van der Waals surface area contributed by atoms with Gasteiger partial charge in [-0.15, -0.1) is 11.3 Å². The van der Waals surface area contributed by atoms with Gasteiger partial charge in [0.25, 0.3) is 0 Å². The maximum absolute atomic E-state index is 5.98. The first-order valence-electron chi connectivity index (χ1n) is 7.25. The van der Waals surface area contributed by atoms with Gasteiger partial charge in [-0.3, -0.25) is 0 Å². The van der Waals surface area contributed by atoms with E-state index >= 15 is 0 Å². The summed E-state index contributed by atoms with van der Waals surface area (Å²) in [7, 11) is 1.67. The fourth-order valence-corrected chi connectivity index (χ4v) is 3.29. The van der Waals surface area contributed by atoms with E-state index in [0.717, 1.165) is 22.9 Å². The molecule has 2 aromatic carbocycles. The molecule has 1 heterocycles. The molecule has 0 saturated heterocycles. The number of halogens is 1. The molecule has 0 fully saturated rings. The van der Waals surface area contributed by atoms with Crippen LogP contribution in [0.1, 0.15) is 22.7 Å². The van der Waals surface area contributed by atoms with Gasteiger partial charge in [-0.25, -0.2) is 4.98 Å². The van der Waals surface area contributed by atoms with Crippen molar-refractivity contribution in [3.8, 4) is 5.75 Å². The minimum absolute atomic E-state index is 0.149. The van der Waals surface area contributed by atoms with E-state index < -0.39 is 0 Å². The third kappa shape index (κ3) is 3.84. The lowest BCUT2D eigenvalue weighted by molar-refractivity contribution is 0.414. The van der Waals surface area contributed by atoms with Crippen molar-refractivity contribution in [1.82, 2.24) is 4.98 Å². The van der Waals surface area contributed by atoms with E-state index in [1.54, 1.807) is 7.11 Å². The Morgan fingerprint density at radius 3 is 2.39 bits per heavy atom. The molecule has 0 saturated carbocycles. The van der Waals surface area contributed by atoms with E-state index in [4.69, 9.17) is 22.1 Å². The second-order valence-corrected chi connectivity index (χ2v) is 6.59. The van der Waals surface area contributed by atoms with Crippen molar-refractivity contribution in [1.29, 1.82) is 0 Å². The van der Waals surface area contributed by atoms with Crippen molar-refractivity contribution in [2.75, 3.05) is 12.8 Å². The van der Waals surface area contributed by atoms with Crippen molar-refractivity contribution in [3.63, 3.8) is 0 Å². The van der Waals surface area contributed by atoms with Gasteiger partial charge < -0.3 is 10.5 Å². The third-order valence-electron chi connectivity index (χ3n) is 3.77. The smallest absolute Gasteiger partial charge is 0.180 e. The Labute approximate surface area is 144 Å². The average molecular weight is 345 g/mol. The number of rotatable bonds is 5. The van der Waals surface area contributed by atoms with Gasteiger partial charge >= 0.3 is 0 Å². The number of hydrogen-bond donors (Lipinski definition) is 1. The molecule has 0 spiro atoms. The van der Waals surface area contributed by atoms with Crippen LogP contribution < -0.4 is 10.5 Å². The zero-order valence-electron chi connectivity index (χ0n) is 12.7. The van der Waals surface area contributed by atoms with Crippen molar-refractivity contribution >= 4 is 28.1 Å². The lowest BCUT2D eigenvalue weighted by atomic mass is 9.90. The highest BCUT2D eigenvalue weighted by atomic mass is 35.5. The average Bonchev–Trinajstić information content (AvgIpc) is 3.01. The molecule has 3 nitrogen and oxygen atoms in total. The zero-order chi connectivity index (χ0) is 16.2. The fourth-order valence-electron chi connectivity index (χ4n) is 2.55. The molecule has 5 heteroatoms. The summed E-state index contributed by atoms with van der Waals surface area (Å²) in [4.78, 5) is 4.48. The first-order valence-corrected chi connectivity index (χ1v) is 8.51. The minimum Gasteiger partial charge on any atom is -0.497 e. The van der Waals surface area contributed by atoms with Crippen LogP contribution in [0.4, 0.5) is 5.13 Å². The Balaban J connectivity index is 1.94. The number of hydrogen-bond acceptors (Lipinski definition) is 4. The Kier molecular flexibility index (Phi) is 4.84. The lowest BCUT2D eigenvalue weighted by Gasteiger charge is -2.16. The van der Waals surface area contributed by atoms with Gasteiger partial charge in [0.2, 0.25) is 0 Å². The topological polar surface area (TPSA) is 48.1 Å². The number of benzene rings is 2. The van der Waals surface area contributed by atoms with Crippen molar-refractivity contribution in [2.24, 2.45) is 0 Å². The molecule has 3 rings (SSSR count). The summed E-state index contributed by atoms with van der Waals surface area (Å²) in [5, 5.41) is 3.36. The molecule has 0 bridgehead atoms. The van der Waals surface area contributed by atoms with Crippen LogP contribution in [0.2, 0.25) is 5.02 Å². The third-order valence-corrected chi connectivity index (χ3v) is 4.71. The van der Waals surface area contributed by atoms with Crippen molar-refractivity contribution in [3.05, 3.63) is 75.8 Å². The molecule has 1 aromatic heterocycles. The molecular weight excluding hydrogens is 328 g/mol. The van der Waals surface area contributed by atoms with Crippen LogP contribution >= 0.6 is 22.9 Å². The molecule has 0 aliphatic carbocycles. The SMILES string of the molecule is COc1ccc(C(Cc2ccc(Cl)cc2)c2csc(N)n2)cc1. The zero-order valence-corrected chi connectivity index (χ0v) is 14.3. The second kappa shape index (κ2) is 7.02. The lowest BCUT2D eigenvalue weighted by Crippen LogP contribution is -2.06. The van der Waals surface area contributed by atoms with Crippen LogP contribution in [0.15, 0.2) is 53.9 Å². The van der Waals surface area contributed by atoms with E-state index in [0.29, 0.717) is 5.13 Å². The molecule has 0 aliphatic rings. The largest absolute Gasteiger partial charge is 0.497 e. The van der Waals surface area contributed by atoms with Gasteiger partial charge in [0.05, 0.1) is 12.8 Å². The molecule has 0 radical (unpaired) electrons. The van der Waals surface area contributed by atoms with Gasteiger partial charge in [-0.2, -0.15) is 0 Å². The maximum Gasteiger partial charge on any atom is 0.180 e. The quantitative estimate of drug-likeness (QED) is 0.725. The predicted octanol–water partition coefficient (Wildman–Crippen LogP) is 4.76. The number of nitrogens with zero attached hydrogens (tertiary/aromatic N) is 1. The Hall–Kier alpha value is -2.04. The highest BCUT2D eigenvalue weighted by Gasteiger charge is 2.18. The molecule has 1 atom stereocenters. The number of thiazole rings is 1. The number of nitrogen functional groups attached to an aromatic ring is 1. The maximum atomic E-state index is 5.98. The standard InChI is InChI=1S/C18H17ClN2OS/c1-22-15-8-4-13(5-9-15)16(17-11-23-18(20)21-17)10-12-2-6-14(19)7-3-12/h2-9,11,16H,10H2,1H3,(H2,20,21). The highest BCUT2D eigenvalue weighted by Crippen LogP contribution is 2.31. The van der Waals surface area contributed by atoms with Crippen LogP contribution in [-0.2, 0) is 6.42 Å². The predicted molar refractivity (Wildman–Crippen MR) is 96.5 cm³/mol. The molecule has 2 N–H and O–H groups in total. The van der Waals surface area contributed by atoms with E-state index in [-0.39, 0.29) is 5.92 Å². The first kappa shape index (κ1) is 15.8. The van der Waals surface area contributed by atoms with Gasteiger partial charge in [-0.05, 0) is 41.8 Å². The van der Waals surface area contributed by atoms with Gasteiger partial charge in [0.1, 0.15) is 5.75 Å². The summed E-state index contributed by atoms with van der Waals surface area (Å²) in [5.41, 5.74) is 9.21. The fraction of sp³-hybridized carbons (Fsp3) is 0.167. The van der Waals surface area contributed by atoms with E-state index in [1.165, 1.54) is 22.5 Å². The van der Waals surface area contributed by atoms with Crippen LogP contribution in [0.25, 0.3) is 0 Å². The number of aromatic nitrogens is 1. The van der Waals surface area contributed by atoms with E-state index in [2.05, 4.69) is 29.2 Å². The van der Waals surface area contributed by atoms with Crippen LogP contribution in [-0.4, -0.2) is 12.1 Å². The van der Waals surface area contributed by atoms with E-state index in [9.17, 15) is 0 Å². The number of methoxy groups -OCH3 is 1. The molecule has 0 amide bonds. The Morgan fingerprint density at radius 1 is 1.13 bits per heavy atom. The van der Waals surface area contributed by atoms with Crippen LogP contribution in [0.3, 0.4) is 0 Å². The summed E-state index contributed by atoms with van der Waals surface area (Å²) in [5.74, 6) is 0.993. The van der Waals surface area contributed by atoms with Crippen LogP contribution in [0.5, 0.6) is 5.75 Å². The molecular formula is C18H17ClN2OS. The van der Waals surface area contributed by atoms with E-state index in [1.807, 2.05) is 29.6 Å². The summed E-state index contributed by atoms with van der Waals surface area (Å²) >= 11 is 7.45. The molecule has 23 heavy (non-hydrogen) atoms. The monoisotopic (exact) mass is 344 g/mol. The summed E-state index contributed by atoms with van der Waals surface area (Å²) in [6, 6.07) is 16.0. The summed E-state index contributed by atoms with van der Waals surface area (Å²) in [6.45, 7) is 0. The van der Waals surface area contributed by atoms with Gasteiger partial charge in [0, 0.05) is 16.3 Å². The summed E-state index contributed by atoms with van der Waals surface area (Å²) < 4.78 is 5.24. The first-order chi connectivity index (χ1) is 11.2. The van der Waals surface area contributed by atoms with Crippen LogP contribution in [0, 0.1) is 0 Å². The number of ether oxygens (including phenoxy) is 1. The van der Waals surface area contributed by atoms with Gasteiger partial charge in [0.15, 0.2) is 5.13 Å². The molecule has 3 aromatic rings. The molecule has 0 aliphatic heterocycles. The highest BCUT2D eigenvalue weighted by molar-refractivity contribution is 7.13. The second-order valence-electron chi connectivity index (χ2n) is 5.27. The number of anilines is 1.